The normalized spacial score (nSPS) is 11.3. The first-order valence-corrected chi connectivity index (χ1v) is 10.2. The summed E-state index contributed by atoms with van der Waals surface area (Å²) >= 11 is 1.46. The Morgan fingerprint density at radius 2 is 2.07 bits per heavy atom. The van der Waals surface area contributed by atoms with Gasteiger partial charge in [-0.05, 0) is 26.0 Å². The summed E-state index contributed by atoms with van der Waals surface area (Å²) in [5.41, 5.74) is 3.30. The SMILES string of the molecule is COc1ccccc1-c1cn2c(C(=O)N(Cc3cnn(C)c3)C(C)C)csc2n1. The number of nitrogens with zero attached hydrogens (tertiary/aromatic N) is 5. The van der Waals surface area contributed by atoms with E-state index in [9.17, 15) is 4.79 Å². The van der Waals surface area contributed by atoms with Crippen LogP contribution in [0.3, 0.4) is 0 Å². The Morgan fingerprint density at radius 1 is 1.28 bits per heavy atom. The van der Waals surface area contributed by atoms with Crippen molar-refractivity contribution in [3.8, 4) is 17.0 Å². The number of benzene rings is 1. The monoisotopic (exact) mass is 409 g/mol. The summed E-state index contributed by atoms with van der Waals surface area (Å²) in [6.07, 6.45) is 5.63. The maximum Gasteiger partial charge on any atom is 0.272 e. The van der Waals surface area contributed by atoms with Gasteiger partial charge in [0.05, 0.1) is 19.0 Å². The number of carbonyl (C=O) groups excluding carboxylic acids is 1. The number of fused-ring (bicyclic) bond motifs is 1. The van der Waals surface area contributed by atoms with Crippen molar-refractivity contribution < 1.29 is 9.53 Å². The fraction of sp³-hybridized carbons (Fsp3) is 0.286. The number of amides is 1. The third-order valence-electron chi connectivity index (χ3n) is 4.81. The predicted molar refractivity (Wildman–Crippen MR) is 113 cm³/mol. The number of hydrogen-bond acceptors (Lipinski definition) is 5. The number of imidazole rings is 1. The first kappa shape index (κ1) is 19.2. The van der Waals surface area contributed by atoms with Crippen molar-refractivity contribution >= 4 is 22.2 Å². The molecule has 0 unspecified atom stereocenters. The number of rotatable bonds is 6. The van der Waals surface area contributed by atoms with Gasteiger partial charge in [0.2, 0.25) is 0 Å². The molecular weight excluding hydrogens is 386 g/mol. The van der Waals surface area contributed by atoms with Crippen molar-refractivity contribution in [2.45, 2.75) is 26.4 Å². The van der Waals surface area contributed by atoms with Crippen molar-refractivity contribution in [1.29, 1.82) is 0 Å². The van der Waals surface area contributed by atoms with E-state index < -0.39 is 0 Å². The van der Waals surface area contributed by atoms with Crippen LogP contribution in [0, 0.1) is 0 Å². The van der Waals surface area contributed by atoms with Gasteiger partial charge in [0.15, 0.2) is 4.96 Å². The molecule has 0 N–H and O–H groups in total. The largest absolute Gasteiger partial charge is 0.496 e. The van der Waals surface area contributed by atoms with E-state index in [1.165, 1.54) is 11.3 Å². The lowest BCUT2D eigenvalue weighted by Gasteiger charge is -2.26. The van der Waals surface area contributed by atoms with Gasteiger partial charge in [-0.1, -0.05) is 12.1 Å². The first-order valence-electron chi connectivity index (χ1n) is 9.36. The lowest BCUT2D eigenvalue weighted by molar-refractivity contribution is 0.0683. The smallest absolute Gasteiger partial charge is 0.272 e. The van der Waals surface area contributed by atoms with Gasteiger partial charge < -0.3 is 9.64 Å². The van der Waals surface area contributed by atoms with Crippen LogP contribution in [0.2, 0.25) is 0 Å². The first-order chi connectivity index (χ1) is 14.0. The van der Waals surface area contributed by atoms with E-state index in [0.29, 0.717) is 12.2 Å². The minimum atomic E-state index is -0.0286. The average Bonchev–Trinajstić information content (AvgIpc) is 3.40. The summed E-state index contributed by atoms with van der Waals surface area (Å²) in [5, 5.41) is 6.08. The van der Waals surface area contributed by atoms with Gasteiger partial charge in [-0.2, -0.15) is 5.10 Å². The molecule has 7 nitrogen and oxygen atoms in total. The van der Waals surface area contributed by atoms with E-state index in [4.69, 9.17) is 9.72 Å². The zero-order valence-electron chi connectivity index (χ0n) is 16.9. The molecule has 8 heteroatoms. The van der Waals surface area contributed by atoms with E-state index in [1.54, 1.807) is 18.0 Å². The number of aromatic nitrogens is 4. The number of carbonyl (C=O) groups is 1. The molecule has 0 spiro atoms. The highest BCUT2D eigenvalue weighted by Crippen LogP contribution is 2.31. The summed E-state index contributed by atoms with van der Waals surface area (Å²) in [7, 11) is 3.52. The van der Waals surface area contributed by atoms with E-state index in [-0.39, 0.29) is 11.9 Å². The topological polar surface area (TPSA) is 64.7 Å². The van der Waals surface area contributed by atoms with Crippen LogP contribution in [0.1, 0.15) is 29.9 Å². The number of para-hydroxylation sites is 1. The van der Waals surface area contributed by atoms with Gasteiger partial charge in [-0.3, -0.25) is 13.9 Å². The van der Waals surface area contributed by atoms with Gasteiger partial charge in [-0.25, -0.2) is 4.98 Å². The molecule has 0 fully saturated rings. The molecule has 3 heterocycles. The lowest BCUT2D eigenvalue weighted by Crippen LogP contribution is -2.36. The second-order valence-electron chi connectivity index (χ2n) is 7.15. The van der Waals surface area contributed by atoms with Crippen LogP contribution in [0.25, 0.3) is 16.2 Å². The van der Waals surface area contributed by atoms with E-state index in [2.05, 4.69) is 5.10 Å². The third kappa shape index (κ3) is 3.63. The lowest BCUT2D eigenvalue weighted by atomic mass is 10.1. The zero-order valence-corrected chi connectivity index (χ0v) is 17.7. The van der Waals surface area contributed by atoms with Crippen LogP contribution >= 0.6 is 11.3 Å². The maximum absolute atomic E-state index is 13.4. The minimum absolute atomic E-state index is 0.0286. The fourth-order valence-corrected chi connectivity index (χ4v) is 4.16. The molecule has 0 aliphatic heterocycles. The Morgan fingerprint density at radius 3 is 2.76 bits per heavy atom. The predicted octanol–water partition coefficient (Wildman–Crippen LogP) is 3.86. The van der Waals surface area contributed by atoms with Crippen LogP contribution in [-0.2, 0) is 13.6 Å². The molecule has 0 saturated carbocycles. The quantitative estimate of drug-likeness (QED) is 0.485. The molecule has 150 valence electrons. The maximum atomic E-state index is 13.4. The Labute approximate surface area is 173 Å². The molecule has 29 heavy (non-hydrogen) atoms. The molecule has 0 aliphatic carbocycles. The summed E-state index contributed by atoms with van der Waals surface area (Å²) < 4.78 is 9.07. The summed E-state index contributed by atoms with van der Waals surface area (Å²) in [4.78, 5) is 20.7. The standard InChI is InChI=1S/C21H23N5O2S/c1-14(2)25(11-15-9-22-24(3)10-15)20(27)18-13-29-21-23-17(12-26(18)21)16-7-5-6-8-19(16)28-4/h5-10,12-14H,11H2,1-4H3. The van der Waals surface area contributed by atoms with E-state index in [1.807, 2.05) is 72.2 Å². The molecule has 1 aromatic carbocycles. The van der Waals surface area contributed by atoms with Crippen molar-refractivity contribution in [3.05, 3.63) is 59.5 Å². The molecule has 0 radical (unpaired) electrons. The number of aryl methyl sites for hydroxylation is 1. The molecule has 1 amide bonds. The number of methoxy groups -OCH3 is 1. The highest BCUT2D eigenvalue weighted by atomic mass is 32.1. The molecular formula is C21H23N5O2S. The van der Waals surface area contributed by atoms with Crippen molar-refractivity contribution in [2.24, 2.45) is 7.05 Å². The molecule has 3 aromatic heterocycles. The van der Waals surface area contributed by atoms with Crippen LogP contribution in [0.4, 0.5) is 0 Å². The Hall–Kier alpha value is -3.13. The second-order valence-corrected chi connectivity index (χ2v) is 7.99. The fourth-order valence-electron chi connectivity index (χ4n) is 3.31. The van der Waals surface area contributed by atoms with Crippen LogP contribution in [0.5, 0.6) is 5.75 Å². The van der Waals surface area contributed by atoms with Crippen molar-refractivity contribution in [1.82, 2.24) is 24.1 Å². The molecule has 0 aliphatic rings. The second kappa shape index (κ2) is 7.71. The molecule has 0 bridgehead atoms. The summed E-state index contributed by atoms with van der Waals surface area (Å²) in [5.74, 6) is 0.727. The van der Waals surface area contributed by atoms with Gasteiger partial charge in [0, 0.05) is 48.5 Å². The Balaban J connectivity index is 1.69. The molecule has 0 saturated heterocycles. The molecule has 4 rings (SSSR count). The van der Waals surface area contributed by atoms with Gasteiger partial charge in [0.1, 0.15) is 11.4 Å². The molecule has 4 aromatic rings. The summed E-state index contributed by atoms with van der Waals surface area (Å²) in [6, 6.07) is 7.80. The van der Waals surface area contributed by atoms with Crippen molar-refractivity contribution in [3.63, 3.8) is 0 Å². The number of hydrogen-bond donors (Lipinski definition) is 0. The van der Waals surface area contributed by atoms with Gasteiger partial charge in [0.25, 0.3) is 5.91 Å². The van der Waals surface area contributed by atoms with Gasteiger partial charge in [-0.15, -0.1) is 11.3 Å². The van der Waals surface area contributed by atoms with E-state index in [0.717, 1.165) is 27.5 Å². The van der Waals surface area contributed by atoms with Crippen LogP contribution in [0.15, 0.2) is 48.2 Å². The third-order valence-corrected chi connectivity index (χ3v) is 5.65. The Bertz CT molecular complexity index is 1160. The van der Waals surface area contributed by atoms with Gasteiger partial charge >= 0.3 is 0 Å². The van der Waals surface area contributed by atoms with Crippen molar-refractivity contribution in [2.75, 3.05) is 7.11 Å². The summed E-state index contributed by atoms with van der Waals surface area (Å²) in [6.45, 7) is 4.55. The number of ether oxygens (including phenoxy) is 1. The van der Waals surface area contributed by atoms with Crippen LogP contribution < -0.4 is 4.74 Å². The van der Waals surface area contributed by atoms with E-state index >= 15 is 0 Å². The highest BCUT2D eigenvalue weighted by molar-refractivity contribution is 7.15. The average molecular weight is 410 g/mol. The van der Waals surface area contributed by atoms with Crippen LogP contribution in [-0.4, -0.2) is 43.1 Å². The Kier molecular flexibility index (Phi) is 5.10. The minimum Gasteiger partial charge on any atom is -0.496 e. The number of thiazole rings is 1. The molecule has 0 atom stereocenters. The highest BCUT2D eigenvalue weighted by Gasteiger charge is 2.24. The zero-order chi connectivity index (χ0) is 20.5.